The van der Waals surface area contributed by atoms with Crippen LogP contribution in [0.4, 0.5) is 5.69 Å². The highest BCUT2D eigenvalue weighted by Crippen LogP contribution is 2.24. The van der Waals surface area contributed by atoms with Crippen molar-refractivity contribution < 1.29 is 9.32 Å². The molecule has 5 heteroatoms. The molecule has 1 aromatic heterocycles. The monoisotopic (exact) mass is 257 g/mol. The van der Waals surface area contributed by atoms with Crippen LogP contribution >= 0.6 is 0 Å². The number of benzene rings is 1. The molecule has 0 atom stereocenters. The van der Waals surface area contributed by atoms with E-state index in [1.54, 1.807) is 17.9 Å². The lowest BCUT2D eigenvalue weighted by molar-refractivity contribution is 0.0952. The van der Waals surface area contributed by atoms with Gasteiger partial charge in [0.2, 0.25) is 5.76 Å². The predicted molar refractivity (Wildman–Crippen MR) is 71.1 cm³/mol. The first-order chi connectivity index (χ1) is 9.25. The van der Waals surface area contributed by atoms with Gasteiger partial charge in [-0.25, -0.2) is 0 Å². The quantitative estimate of drug-likeness (QED) is 0.845. The number of rotatable bonds is 1. The fourth-order valence-corrected chi connectivity index (χ4v) is 2.27. The molecule has 0 fully saturated rings. The van der Waals surface area contributed by atoms with Crippen LogP contribution in [0.1, 0.15) is 21.8 Å². The molecule has 0 unspecified atom stereocenters. The maximum atomic E-state index is 12.5. The van der Waals surface area contributed by atoms with Crippen molar-refractivity contribution >= 4 is 11.6 Å². The van der Waals surface area contributed by atoms with Crippen LogP contribution in [0.3, 0.4) is 0 Å². The minimum atomic E-state index is -0.142. The average molecular weight is 257 g/mol. The Hall–Kier alpha value is -2.14. The van der Waals surface area contributed by atoms with E-state index in [2.05, 4.69) is 10.5 Å². The van der Waals surface area contributed by atoms with Crippen molar-refractivity contribution in [1.82, 2.24) is 10.5 Å². The largest absolute Gasteiger partial charge is 0.351 e. The summed E-state index contributed by atoms with van der Waals surface area (Å²) in [4.78, 5) is 14.2. The number of aromatic nitrogens is 1. The summed E-state index contributed by atoms with van der Waals surface area (Å²) in [6, 6.07) is 9.58. The highest BCUT2D eigenvalue weighted by atomic mass is 16.5. The normalized spacial score (nSPS) is 14.9. The maximum absolute atomic E-state index is 12.5. The van der Waals surface area contributed by atoms with E-state index < -0.39 is 0 Å². The molecule has 0 spiro atoms. The minimum absolute atomic E-state index is 0.142. The first-order valence-corrected chi connectivity index (χ1v) is 6.29. The Balaban J connectivity index is 1.98. The molecule has 0 saturated heterocycles. The molecule has 98 valence electrons. The molecule has 5 nitrogen and oxygen atoms in total. The Labute approximate surface area is 111 Å². The smallest absolute Gasteiger partial charge is 0.296 e. The molecule has 0 bridgehead atoms. The van der Waals surface area contributed by atoms with Crippen molar-refractivity contribution in [3.63, 3.8) is 0 Å². The van der Waals surface area contributed by atoms with Crippen molar-refractivity contribution in [1.29, 1.82) is 0 Å². The Kier molecular flexibility index (Phi) is 3.05. The van der Waals surface area contributed by atoms with Crippen LogP contribution in [0, 0.1) is 6.92 Å². The van der Waals surface area contributed by atoms with Crippen LogP contribution in [0.25, 0.3) is 0 Å². The third kappa shape index (κ3) is 2.24. The van der Waals surface area contributed by atoms with Gasteiger partial charge < -0.3 is 14.7 Å². The molecular weight excluding hydrogens is 242 g/mol. The van der Waals surface area contributed by atoms with Crippen LogP contribution in [0.2, 0.25) is 0 Å². The topological polar surface area (TPSA) is 58.4 Å². The summed E-state index contributed by atoms with van der Waals surface area (Å²) in [6.45, 7) is 3.96. The summed E-state index contributed by atoms with van der Waals surface area (Å²) < 4.78 is 5.07. The Morgan fingerprint density at radius 2 is 2.26 bits per heavy atom. The van der Waals surface area contributed by atoms with Gasteiger partial charge in [-0.15, -0.1) is 0 Å². The van der Waals surface area contributed by atoms with E-state index in [4.69, 9.17) is 4.52 Å². The van der Waals surface area contributed by atoms with Crippen LogP contribution in [-0.4, -0.2) is 24.2 Å². The van der Waals surface area contributed by atoms with Crippen LogP contribution < -0.4 is 10.2 Å². The number of nitrogens with zero attached hydrogens (tertiary/aromatic N) is 2. The SMILES string of the molecule is Cc1cc(C(=O)N2CCNCc3ccccc32)on1. The average Bonchev–Trinajstić information content (AvgIpc) is 2.74. The Morgan fingerprint density at radius 3 is 3.05 bits per heavy atom. The van der Waals surface area contributed by atoms with E-state index in [0.717, 1.165) is 24.3 Å². The highest BCUT2D eigenvalue weighted by Gasteiger charge is 2.24. The second-order valence-electron chi connectivity index (χ2n) is 4.59. The molecule has 0 saturated carbocycles. The Bertz CT molecular complexity index is 606. The first kappa shape index (κ1) is 11.9. The third-order valence-electron chi connectivity index (χ3n) is 3.19. The fourth-order valence-electron chi connectivity index (χ4n) is 2.27. The maximum Gasteiger partial charge on any atom is 0.296 e. The summed E-state index contributed by atoms with van der Waals surface area (Å²) >= 11 is 0. The number of anilines is 1. The van der Waals surface area contributed by atoms with Gasteiger partial charge >= 0.3 is 0 Å². The lowest BCUT2D eigenvalue weighted by Crippen LogP contribution is -2.34. The van der Waals surface area contributed by atoms with Crippen molar-refractivity contribution in [3.8, 4) is 0 Å². The second-order valence-corrected chi connectivity index (χ2v) is 4.59. The number of nitrogens with one attached hydrogen (secondary N) is 1. The lowest BCUT2D eigenvalue weighted by atomic mass is 10.1. The van der Waals surface area contributed by atoms with Gasteiger partial charge in [0.25, 0.3) is 5.91 Å². The van der Waals surface area contributed by atoms with E-state index in [1.165, 1.54) is 0 Å². The standard InChI is InChI=1S/C14H15N3O2/c1-10-8-13(19-16-10)14(18)17-7-6-15-9-11-4-2-3-5-12(11)17/h2-5,8,15H,6-7,9H2,1H3. The van der Waals surface area contributed by atoms with Gasteiger partial charge in [-0.1, -0.05) is 23.4 Å². The van der Waals surface area contributed by atoms with Crippen LogP contribution in [-0.2, 0) is 6.54 Å². The zero-order valence-electron chi connectivity index (χ0n) is 10.7. The molecule has 0 aliphatic carbocycles. The van der Waals surface area contributed by atoms with E-state index in [9.17, 15) is 4.79 Å². The number of amides is 1. The third-order valence-corrected chi connectivity index (χ3v) is 3.19. The summed E-state index contributed by atoms with van der Waals surface area (Å²) in [7, 11) is 0. The van der Waals surface area contributed by atoms with Gasteiger partial charge in [-0.2, -0.15) is 0 Å². The molecule has 1 aliphatic rings. The van der Waals surface area contributed by atoms with Crippen molar-refractivity contribution in [2.75, 3.05) is 18.0 Å². The molecule has 3 rings (SSSR count). The lowest BCUT2D eigenvalue weighted by Gasteiger charge is -2.20. The summed E-state index contributed by atoms with van der Waals surface area (Å²) in [5.74, 6) is 0.144. The summed E-state index contributed by atoms with van der Waals surface area (Å²) in [5, 5.41) is 7.08. The van der Waals surface area contributed by atoms with Gasteiger partial charge in [0, 0.05) is 31.4 Å². The summed E-state index contributed by atoms with van der Waals surface area (Å²) in [6.07, 6.45) is 0. The number of aryl methyl sites for hydroxylation is 1. The number of carbonyl (C=O) groups excluding carboxylic acids is 1. The molecule has 2 aromatic rings. The van der Waals surface area contributed by atoms with Gasteiger partial charge in [0.05, 0.1) is 5.69 Å². The van der Waals surface area contributed by atoms with Gasteiger partial charge in [0.1, 0.15) is 0 Å². The number of carbonyl (C=O) groups is 1. The second kappa shape index (κ2) is 4.85. The van der Waals surface area contributed by atoms with Gasteiger partial charge in [-0.3, -0.25) is 4.79 Å². The molecule has 1 aliphatic heterocycles. The van der Waals surface area contributed by atoms with Crippen molar-refractivity contribution in [2.45, 2.75) is 13.5 Å². The van der Waals surface area contributed by atoms with E-state index in [0.29, 0.717) is 12.2 Å². The van der Waals surface area contributed by atoms with Crippen molar-refractivity contribution in [2.24, 2.45) is 0 Å². The zero-order chi connectivity index (χ0) is 13.2. The number of hydrogen-bond acceptors (Lipinski definition) is 4. The molecule has 0 radical (unpaired) electrons. The molecule has 1 aromatic carbocycles. The minimum Gasteiger partial charge on any atom is -0.351 e. The number of fused-ring (bicyclic) bond motifs is 1. The molecule has 1 amide bonds. The summed E-state index contributed by atoms with van der Waals surface area (Å²) in [5.41, 5.74) is 2.76. The zero-order valence-corrected chi connectivity index (χ0v) is 10.7. The molecular formula is C14H15N3O2. The Morgan fingerprint density at radius 1 is 1.42 bits per heavy atom. The molecule has 2 heterocycles. The molecule has 19 heavy (non-hydrogen) atoms. The highest BCUT2D eigenvalue weighted by molar-refractivity contribution is 6.04. The van der Waals surface area contributed by atoms with Gasteiger partial charge in [-0.05, 0) is 18.6 Å². The van der Waals surface area contributed by atoms with Crippen molar-refractivity contribution in [3.05, 3.63) is 47.3 Å². The fraction of sp³-hybridized carbons (Fsp3) is 0.286. The van der Waals surface area contributed by atoms with E-state index in [-0.39, 0.29) is 11.7 Å². The van der Waals surface area contributed by atoms with Crippen LogP contribution in [0.15, 0.2) is 34.9 Å². The van der Waals surface area contributed by atoms with E-state index in [1.807, 2.05) is 24.3 Å². The van der Waals surface area contributed by atoms with E-state index >= 15 is 0 Å². The van der Waals surface area contributed by atoms with Gasteiger partial charge in [0.15, 0.2) is 0 Å². The van der Waals surface area contributed by atoms with Crippen LogP contribution in [0.5, 0.6) is 0 Å². The number of hydrogen-bond donors (Lipinski definition) is 1. The first-order valence-electron chi connectivity index (χ1n) is 6.29. The number of para-hydroxylation sites is 1. The molecule has 1 N–H and O–H groups in total. The predicted octanol–water partition coefficient (Wildman–Crippen LogP) is 1.73.